The van der Waals surface area contributed by atoms with E-state index in [0.717, 1.165) is 49.1 Å². The van der Waals surface area contributed by atoms with Gasteiger partial charge in [0, 0.05) is 24.7 Å². The minimum atomic E-state index is -0.0762. The number of fused-ring (bicyclic) bond motifs is 1. The average Bonchev–Trinajstić information content (AvgIpc) is 3.32. The molecular weight excluding hydrogens is 304 g/mol. The van der Waals surface area contributed by atoms with Gasteiger partial charge in [0.2, 0.25) is 0 Å². The molecule has 2 aromatic heterocycles. The van der Waals surface area contributed by atoms with E-state index in [4.69, 9.17) is 4.52 Å². The second kappa shape index (κ2) is 7.30. The maximum Gasteiger partial charge on any atom is 0.259 e. The van der Waals surface area contributed by atoms with Crippen molar-refractivity contribution in [3.8, 4) is 0 Å². The Morgan fingerprint density at radius 1 is 1.33 bits per heavy atom. The molecule has 6 nitrogen and oxygen atoms in total. The highest BCUT2D eigenvalue weighted by Gasteiger charge is 2.29. The Morgan fingerprint density at radius 2 is 2.12 bits per heavy atom. The number of hydrogen-bond donors (Lipinski definition) is 2. The molecule has 1 saturated carbocycles. The molecule has 0 aromatic carbocycles. The number of amides is 1. The minimum Gasteiger partial charge on any atom is -0.351 e. The summed E-state index contributed by atoms with van der Waals surface area (Å²) in [5.74, 6) is 0.560. The van der Waals surface area contributed by atoms with Gasteiger partial charge in [-0.2, -0.15) is 0 Å². The topological polar surface area (TPSA) is 80.0 Å². The first-order valence-electron chi connectivity index (χ1n) is 8.91. The Balaban J connectivity index is 1.86. The van der Waals surface area contributed by atoms with Crippen molar-refractivity contribution in [1.82, 2.24) is 20.8 Å². The fourth-order valence-corrected chi connectivity index (χ4v) is 2.82. The Hall–Kier alpha value is -1.95. The van der Waals surface area contributed by atoms with E-state index in [1.165, 1.54) is 0 Å². The molecule has 6 heteroatoms. The largest absolute Gasteiger partial charge is 0.351 e. The van der Waals surface area contributed by atoms with Gasteiger partial charge in [-0.1, -0.05) is 25.9 Å². The molecule has 0 spiro atoms. The van der Waals surface area contributed by atoms with Crippen LogP contribution in [0.4, 0.5) is 0 Å². The molecule has 1 aliphatic rings. The summed E-state index contributed by atoms with van der Waals surface area (Å²) in [6.45, 7) is 8.54. The summed E-state index contributed by atoms with van der Waals surface area (Å²) in [5.41, 5.74) is 2.87. The lowest BCUT2D eigenvalue weighted by molar-refractivity contribution is 0.0955. The number of hydrogen-bond acceptors (Lipinski definition) is 5. The molecule has 0 bridgehead atoms. The van der Waals surface area contributed by atoms with Gasteiger partial charge in [0.15, 0.2) is 0 Å². The van der Waals surface area contributed by atoms with Crippen LogP contribution >= 0.6 is 0 Å². The Labute approximate surface area is 142 Å². The molecule has 0 saturated heterocycles. The average molecular weight is 330 g/mol. The highest BCUT2D eigenvalue weighted by Crippen LogP contribution is 2.41. The summed E-state index contributed by atoms with van der Waals surface area (Å²) >= 11 is 0. The first-order chi connectivity index (χ1) is 11.6. The number of aromatic nitrogens is 2. The third kappa shape index (κ3) is 3.59. The number of rotatable bonds is 8. The van der Waals surface area contributed by atoms with E-state index >= 15 is 0 Å². The fourth-order valence-electron chi connectivity index (χ4n) is 2.82. The van der Waals surface area contributed by atoms with E-state index in [1.54, 1.807) is 0 Å². The van der Waals surface area contributed by atoms with E-state index < -0.39 is 0 Å². The van der Waals surface area contributed by atoms with Crippen LogP contribution in [-0.4, -0.2) is 35.7 Å². The standard InChI is InChI=1S/C18H26N4O2/c1-4-7-19-8-9-20-17(23)13-10-14(12-5-6-12)21-18-15(13)16(11(2)3)22-24-18/h10-12,19H,4-9H2,1-3H3,(H,20,23). The molecule has 0 unspecified atom stereocenters. The fraction of sp³-hybridized carbons (Fsp3) is 0.611. The molecule has 2 N–H and O–H groups in total. The Kier molecular flexibility index (Phi) is 5.14. The van der Waals surface area contributed by atoms with Crippen molar-refractivity contribution in [2.24, 2.45) is 0 Å². The normalized spacial score (nSPS) is 14.5. The number of pyridine rings is 1. The lowest BCUT2D eigenvalue weighted by Crippen LogP contribution is -2.32. The SMILES string of the molecule is CCCNCCNC(=O)c1cc(C2CC2)nc2onc(C(C)C)c12. The zero-order valence-electron chi connectivity index (χ0n) is 14.7. The van der Waals surface area contributed by atoms with E-state index in [9.17, 15) is 4.79 Å². The van der Waals surface area contributed by atoms with Gasteiger partial charge in [-0.25, -0.2) is 4.98 Å². The lowest BCUT2D eigenvalue weighted by Gasteiger charge is -2.09. The molecule has 0 aliphatic heterocycles. The van der Waals surface area contributed by atoms with E-state index in [1.807, 2.05) is 19.9 Å². The van der Waals surface area contributed by atoms with Crippen molar-refractivity contribution in [1.29, 1.82) is 0 Å². The van der Waals surface area contributed by atoms with Crippen LogP contribution in [-0.2, 0) is 0 Å². The molecule has 1 fully saturated rings. The van der Waals surface area contributed by atoms with E-state index in [-0.39, 0.29) is 11.8 Å². The summed E-state index contributed by atoms with van der Waals surface area (Å²) in [6, 6.07) is 1.93. The summed E-state index contributed by atoms with van der Waals surface area (Å²) in [6.07, 6.45) is 3.35. The van der Waals surface area contributed by atoms with Crippen LogP contribution in [0.2, 0.25) is 0 Å². The second-order valence-electron chi connectivity index (χ2n) is 6.78. The van der Waals surface area contributed by atoms with Gasteiger partial charge in [-0.15, -0.1) is 0 Å². The Morgan fingerprint density at radius 3 is 2.79 bits per heavy atom. The van der Waals surface area contributed by atoms with Gasteiger partial charge in [0.1, 0.15) is 0 Å². The number of nitrogens with one attached hydrogen (secondary N) is 2. The van der Waals surface area contributed by atoms with Crippen LogP contribution < -0.4 is 10.6 Å². The number of nitrogens with zero attached hydrogens (tertiary/aromatic N) is 2. The monoisotopic (exact) mass is 330 g/mol. The highest BCUT2D eigenvalue weighted by atomic mass is 16.5. The lowest BCUT2D eigenvalue weighted by atomic mass is 10.0. The molecule has 2 aromatic rings. The van der Waals surface area contributed by atoms with Crippen LogP contribution in [0.25, 0.3) is 11.1 Å². The number of carbonyl (C=O) groups excluding carboxylic acids is 1. The minimum absolute atomic E-state index is 0.0762. The first-order valence-corrected chi connectivity index (χ1v) is 8.91. The molecular formula is C18H26N4O2. The quantitative estimate of drug-likeness (QED) is 0.727. The zero-order chi connectivity index (χ0) is 17.1. The van der Waals surface area contributed by atoms with Crippen LogP contribution in [0.5, 0.6) is 0 Å². The van der Waals surface area contributed by atoms with Gasteiger partial charge in [0.25, 0.3) is 11.6 Å². The predicted molar refractivity (Wildman–Crippen MR) is 93.4 cm³/mol. The van der Waals surface area contributed by atoms with Crippen molar-refractivity contribution in [2.45, 2.75) is 51.9 Å². The third-order valence-electron chi connectivity index (χ3n) is 4.29. The smallest absolute Gasteiger partial charge is 0.259 e. The molecule has 3 rings (SSSR count). The van der Waals surface area contributed by atoms with Crippen molar-refractivity contribution in [3.05, 3.63) is 23.0 Å². The first kappa shape index (κ1) is 16.9. The highest BCUT2D eigenvalue weighted by molar-refractivity contribution is 6.06. The summed E-state index contributed by atoms with van der Waals surface area (Å²) in [5, 5.41) is 11.2. The zero-order valence-corrected chi connectivity index (χ0v) is 14.7. The van der Waals surface area contributed by atoms with Gasteiger partial charge in [0.05, 0.1) is 16.6 Å². The summed E-state index contributed by atoms with van der Waals surface area (Å²) < 4.78 is 5.42. The molecule has 0 atom stereocenters. The van der Waals surface area contributed by atoms with Crippen molar-refractivity contribution in [2.75, 3.05) is 19.6 Å². The maximum atomic E-state index is 12.7. The van der Waals surface area contributed by atoms with Gasteiger partial charge in [-0.3, -0.25) is 4.79 Å². The van der Waals surface area contributed by atoms with Gasteiger partial charge in [-0.05, 0) is 37.8 Å². The van der Waals surface area contributed by atoms with Gasteiger partial charge < -0.3 is 15.2 Å². The second-order valence-corrected chi connectivity index (χ2v) is 6.78. The molecule has 24 heavy (non-hydrogen) atoms. The molecule has 0 radical (unpaired) electrons. The molecule has 2 heterocycles. The molecule has 1 aliphatic carbocycles. The number of carbonyl (C=O) groups is 1. The van der Waals surface area contributed by atoms with Crippen LogP contribution in [0.1, 0.15) is 73.6 Å². The molecule has 130 valence electrons. The van der Waals surface area contributed by atoms with Crippen molar-refractivity contribution >= 4 is 17.0 Å². The third-order valence-corrected chi connectivity index (χ3v) is 4.29. The van der Waals surface area contributed by atoms with Gasteiger partial charge >= 0.3 is 0 Å². The predicted octanol–water partition coefficient (Wildman–Crippen LogP) is 2.95. The van der Waals surface area contributed by atoms with Crippen LogP contribution in [0.3, 0.4) is 0 Å². The Bertz CT molecular complexity index is 719. The van der Waals surface area contributed by atoms with Crippen molar-refractivity contribution < 1.29 is 9.32 Å². The van der Waals surface area contributed by atoms with Crippen LogP contribution in [0, 0.1) is 0 Å². The summed E-state index contributed by atoms with van der Waals surface area (Å²) in [4.78, 5) is 17.3. The van der Waals surface area contributed by atoms with Crippen molar-refractivity contribution in [3.63, 3.8) is 0 Å². The molecule has 1 amide bonds. The van der Waals surface area contributed by atoms with Crippen LogP contribution in [0.15, 0.2) is 10.6 Å². The summed E-state index contributed by atoms with van der Waals surface area (Å²) in [7, 11) is 0. The van der Waals surface area contributed by atoms with E-state index in [0.29, 0.717) is 23.7 Å². The maximum absolute atomic E-state index is 12.7. The van der Waals surface area contributed by atoms with E-state index in [2.05, 4.69) is 27.7 Å².